The lowest BCUT2D eigenvalue weighted by Crippen LogP contribution is -2.24. The summed E-state index contributed by atoms with van der Waals surface area (Å²) in [5.41, 5.74) is 3.33. The van der Waals surface area contributed by atoms with E-state index in [1.807, 2.05) is 13.0 Å². The summed E-state index contributed by atoms with van der Waals surface area (Å²) in [4.78, 5) is 17.2. The Kier molecular flexibility index (Phi) is 3.84. The van der Waals surface area contributed by atoms with E-state index in [4.69, 9.17) is 0 Å². The number of aromatic nitrogens is 1. The molecule has 0 radical (unpaired) electrons. The van der Waals surface area contributed by atoms with E-state index in [1.165, 1.54) is 17.9 Å². The molecule has 1 amide bonds. The minimum Gasteiger partial charge on any atom is -0.300 e. The second kappa shape index (κ2) is 5.41. The summed E-state index contributed by atoms with van der Waals surface area (Å²) < 4.78 is 13.3. The number of pyridine rings is 1. The lowest BCUT2D eigenvalue weighted by molar-refractivity contribution is -0.116. The van der Waals surface area contributed by atoms with Gasteiger partial charge in [-0.2, -0.15) is 0 Å². The van der Waals surface area contributed by atoms with Gasteiger partial charge in [0.25, 0.3) is 0 Å². The molecule has 0 fully saturated rings. The van der Waals surface area contributed by atoms with Crippen LogP contribution in [0.15, 0.2) is 30.5 Å². The molecule has 0 aliphatic carbocycles. The Bertz CT molecular complexity index is 668. The van der Waals surface area contributed by atoms with Gasteiger partial charge in [-0.25, -0.2) is 9.37 Å². The third-order valence-electron chi connectivity index (χ3n) is 3.33. The number of carbonyl (C=O) groups excluding carboxylic acids is 1. The average molecular weight is 272 g/mol. The van der Waals surface area contributed by atoms with Gasteiger partial charge in [-0.05, 0) is 48.7 Å². The van der Waals surface area contributed by atoms with Crippen molar-refractivity contribution in [2.45, 2.75) is 20.8 Å². The van der Waals surface area contributed by atoms with Crippen molar-refractivity contribution in [3.8, 4) is 11.1 Å². The first-order valence-electron chi connectivity index (χ1n) is 6.37. The Morgan fingerprint density at radius 2 is 1.80 bits per heavy atom. The molecule has 1 aromatic heterocycles. The molecule has 4 heteroatoms. The van der Waals surface area contributed by atoms with E-state index >= 15 is 0 Å². The molecular formula is C16H17FN2O. The maximum absolute atomic E-state index is 13.3. The van der Waals surface area contributed by atoms with Crippen molar-refractivity contribution in [3.05, 3.63) is 47.4 Å². The van der Waals surface area contributed by atoms with Crippen LogP contribution in [0.1, 0.15) is 18.1 Å². The Labute approximate surface area is 118 Å². The molecule has 20 heavy (non-hydrogen) atoms. The molecule has 0 N–H and O–H groups in total. The Balaban J connectivity index is 2.42. The van der Waals surface area contributed by atoms with Crippen LogP contribution in [0.3, 0.4) is 0 Å². The van der Waals surface area contributed by atoms with Crippen LogP contribution in [0.25, 0.3) is 11.1 Å². The van der Waals surface area contributed by atoms with Gasteiger partial charge in [-0.3, -0.25) is 9.69 Å². The van der Waals surface area contributed by atoms with Gasteiger partial charge in [0.15, 0.2) is 0 Å². The lowest BCUT2D eigenvalue weighted by atomic mass is 10.0. The van der Waals surface area contributed by atoms with E-state index in [1.54, 1.807) is 32.3 Å². The fraction of sp³-hybridized carbons (Fsp3) is 0.250. The molecule has 0 spiro atoms. The van der Waals surface area contributed by atoms with Crippen LogP contribution in [-0.2, 0) is 4.79 Å². The van der Waals surface area contributed by atoms with Crippen LogP contribution in [0.2, 0.25) is 0 Å². The molecule has 2 rings (SSSR count). The molecule has 0 atom stereocenters. The van der Waals surface area contributed by atoms with Gasteiger partial charge < -0.3 is 0 Å². The second-order valence-corrected chi connectivity index (χ2v) is 4.91. The smallest absolute Gasteiger partial charge is 0.224 e. The largest absolute Gasteiger partial charge is 0.300 e. The van der Waals surface area contributed by atoms with Crippen molar-refractivity contribution in [1.29, 1.82) is 0 Å². The summed E-state index contributed by atoms with van der Waals surface area (Å²) in [6, 6.07) is 6.93. The average Bonchev–Trinajstić information content (AvgIpc) is 2.41. The lowest BCUT2D eigenvalue weighted by Gasteiger charge is -2.17. The number of hydrogen-bond acceptors (Lipinski definition) is 2. The number of hydrogen-bond donors (Lipinski definition) is 0. The highest BCUT2D eigenvalue weighted by atomic mass is 19.1. The van der Waals surface area contributed by atoms with Crippen molar-refractivity contribution in [3.63, 3.8) is 0 Å². The predicted octanol–water partition coefficient (Wildman–Crippen LogP) is 3.49. The van der Waals surface area contributed by atoms with Crippen LogP contribution < -0.4 is 4.90 Å². The highest BCUT2D eigenvalue weighted by molar-refractivity contribution is 5.90. The number of rotatable bonds is 2. The Morgan fingerprint density at radius 1 is 1.15 bits per heavy atom. The minimum absolute atomic E-state index is 0.0639. The normalized spacial score (nSPS) is 10.4. The van der Waals surface area contributed by atoms with Gasteiger partial charge in [0.05, 0.1) is 0 Å². The molecule has 3 nitrogen and oxygen atoms in total. The summed E-state index contributed by atoms with van der Waals surface area (Å²) in [6.45, 7) is 5.14. The van der Waals surface area contributed by atoms with Gasteiger partial charge in [0, 0.05) is 25.7 Å². The Hall–Kier alpha value is -2.23. The molecule has 1 aromatic carbocycles. The number of benzene rings is 1. The first-order chi connectivity index (χ1) is 9.40. The fourth-order valence-corrected chi connectivity index (χ4v) is 2.05. The summed E-state index contributed by atoms with van der Waals surface area (Å²) in [6.07, 6.45) is 1.70. The predicted molar refractivity (Wildman–Crippen MR) is 78.2 cm³/mol. The minimum atomic E-state index is -0.216. The van der Waals surface area contributed by atoms with Gasteiger partial charge in [0.2, 0.25) is 5.91 Å². The molecule has 1 heterocycles. The van der Waals surface area contributed by atoms with Gasteiger partial charge >= 0.3 is 0 Å². The van der Waals surface area contributed by atoms with Crippen LogP contribution in [0, 0.1) is 19.7 Å². The van der Waals surface area contributed by atoms with E-state index in [0.717, 1.165) is 16.7 Å². The first kappa shape index (κ1) is 14.2. The van der Waals surface area contributed by atoms with Crippen LogP contribution in [0.5, 0.6) is 0 Å². The molecular weight excluding hydrogens is 255 g/mol. The molecule has 0 saturated heterocycles. The SMILES string of the molecule is CC(=O)N(C)c1ncc(-c2ccc(F)c(C)c2)cc1C. The summed E-state index contributed by atoms with van der Waals surface area (Å²) in [5, 5.41) is 0. The summed E-state index contributed by atoms with van der Waals surface area (Å²) in [7, 11) is 1.69. The number of carbonyl (C=O) groups is 1. The van der Waals surface area contributed by atoms with Crippen LogP contribution in [-0.4, -0.2) is 17.9 Å². The van der Waals surface area contributed by atoms with E-state index in [9.17, 15) is 9.18 Å². The molecule has 0 bridgehead atoms. The summed E-state index contributed by atoms with van der Waals surface area (Å²) >= 11 is 0. The number of nitrogens with zero attached hydrogens (tertiary/aromatic N) is 2. The zero-order chi connectivity index (χ0) is 14.9. The highest BCUT2D eigenvalue weighted by Gasteiger charge is 2.11. The van der Waals surface area contributed by atoms with Crippen molar-refractivity contribution in [1.82, 2.24) is 4.98 Å². The third-order valence-corrected chi connectivity index (χ3v) is 3.33. The van der Waals surface area contributed by atoms with Gasteiger partial charge in [0.1, 0.15) is 11.6 Å². The van der Waals surface area contributed by atoms with E-state index in [0.29, 0.717) is 11.4 Å². The van der Waals surface area contributed by atoms with Crippen molar-refractivity contribution < 1.29 is 9.18 Å². The number of amides is 1. The molecule has 104 valence electrons. The quantitative estimate of drug-likeness (QED) is 0.838. The van der Waals surface area contributed by atoms with Gasteiger partial charge in [-0.15, -0.1) is 0 Å². The first-order valence-corrected chi connectivity index (χ1v) is 6.37. The van der Waals surface area contributed by atoms with Crippen LogP contribution >= 0.6 is 0 Å². The fourth-order valence-electron chi connectivity index (χ4n) is 2.05. The van der Waals surface area contributed by atoms with Crippen LogP contribution in [0.4, 0.5) is 10.2 Å². The maximum atomic E-state index is 13.3. The topological polar surface area (TPSA) is 33.2 Å². The zero-order valence-corrected chi connectivity index (χ0v) is 12.1. The van der Waals surface area contributed by atoms with Gasteiger partial charge in [-0.1, -0.05) is 6.07 Å². The molecule has 0 unspecified atom stereocenters. The molecule has 2 aromatic rings. The van der Waals surface area contributed by atoms with Crippen molar-refractivity contribution >= 4 is 11.7 Å². The standard InChI is InChI=1S/C16H17FN2O/c1-10-7-13(5-6-15(10)17)14-8-11(2)16(18-9-14)19(4)12(3)20/h5-9H,1-4H3. The highest BCUT2D eigenvalue weighted by Crippen LogP contribution is 2.25. The second-order valence-electron chi connectivity index (χ2n) is 4.91. The molecule has 0 aliphatic rings. The van der Waals surface area contributed by atoms with Crippen molar-refractivity contribution in [2.24, 2.45) is 0 Å². The van der Waals surface area contributed by atoms with Crippen molar-refractivity contribution in [2.75, 3.05) is 11.9 Å². The number of halogens is 1. The molecule has 0 saturated carbocycles. The third kappa shape index (κ3) is 2.69. The summed E-state index contributed by atoms with van der Waals surface area (Å²) in [5.74, 6) is 0.359. The van der Waals surface area contributed by atoms with E-state index in [2.05, 4.69) is 4.98 Å². The monoisotopic (exact) mass is 272 g/mol. The Morgan fingerprint density at radius 3 is 2.35 bits per heavy atom. The van der Waals surface area contributed by atoms with E-state index < -0.39 is 0 Å². The maximum Gasteiger partial charge on any atom is 0.224 e. The number of anilines is 1. The molecule has 0 aliphatic heterocycles. The van der Waals surface area contributed by atoms with E-state index in [-0.39, 0.29) is 11.7 Å². The number of aryl methyl sites for hydroxylation is 2. The zero-order valence-electron chi connectivity index (χ0n) is 12.1.